The second-order valence-electron chi connectivity index (χ2n) is 3.95. The minimum absolute atomic E-state index is 0.0920. The van der Waals surface area contributed by atoms with Crippen LogP contribution in [0.3, 0.4) is 0 Å². The summed E-state index contributed by atoms with van der Waals surface area (Å²) in [5.74, 6) is -4.15. The fraction of sp³-hybridized carbons (Fsp3) is 0.556. The lowest BCUT2D eigenvalue weighted by molar-refractivity contribution is -0.130. The van der Waals surface area contributed by atoms with Crippen LogP contribution < -0.4 is 11.4 Å². The van der Waals surface area contributed by atoms with Crippen LogP contribution in [0, 0.1) is 0 Å². The van der Waals surface area contributed by atoms with Gasteiger partial charge in [0.1, 0.15) is 11.9 Å². The predicted molar refractivity (Wildman–Crippen MR) is 61.4 cm³/mol. The van der Waals surface area contributed by atoms with Crippen molar-refractivity contribution in [2.75, 3.05) is 12.3 Å². The zero-order valence-corrected chi connectivity index (χ0v) is 10.8. The minimum Gasteiger partial charge on any atom is -0.394 e. The number of hydrogen-bond donors (Lipinski definition) is 2. The van der Waals surface area contributed by atoms with E-state index in [1.54, 1.807) is 0 Å². The Hall–Kier alpha value is -1.13. The van der Waals surface area contributed by atoms with Gasteiger partial charge in [0.2, 0.25) is 6.23 Å². The van der Waals surface area contributed by atoms with Crippen molar-refractivity contribution in [1.82, 2.24) is 9.55 Å². The quantitative estimate of drug-likeness (QED) is 0.813. The Bertz CT molecular complexity index is 553. The first-order chi connectivity index (χ1) is 8.78. The number of hydrogen-bond acceptors (Lipinski definition) is 5. The van der Waals surface area contributed by atoms with Gasteiger partial charge in [0.05, 0.1) is 11.1 Å². The summed E-state index contributed by atoms with van der Waals surface area (Å²) >= 11 is 2.92. The summed E-state index contributed by atoms with van der Waals surface area (Å²) in [4.78, 5) is 14.8. The molecule has 0 saturated carbocycles. The molecule has 1 aromatic rings. The summed E-state index contributed by atoms with van der Waals surface area (Å²) in [6, 6.07) is 0. The summed E-state index contributed by atoms with van der Waals surface area (Å²) in [5, 5.41) is 8.77. The number of aromatic nitrogens is 2. The smallest absolute Gasteiger partial charge is 0.351 e. The maximum absolute atomic E-state index is 13.7. The molecule has 19 heavy (non-hydrogen) atoms. The lowest BCUT2D eigenvalue weighted by Gasteiger charge is -2.20. The molecule has 1 aliphatic heterocycles. The number of anilines is 1. The van der Waals surface area contributed by atoms with E-state index in [1.807, 2.05) is 0 Å². The van der Waals surface area contributed by atoms with Gasteiger partial charge in [0.25, 0.3) is 0 Å². The Kier molecular flexibility index (Phi) is 3.58. The molecule has 6 nitrogen and oxygen atoms in total. The van der Waals surface area contributed by atoms with E-state index in [9.17, 15) is 18.0 Å². The molecule has 0 bridgehead atoms. The van der Waals surface area contributed by atoms with Gasteiger partial charge in [-0.15, -0.1) is 0 Å². The monoisotopic (exact) mass is 343 g/mol. The van der Waals surface area contributed by atoms with E-state index in [2.05, 4.69) is 25.7 Å². The molecule has 0 aliphatic carbocycles. The van der Waals surface area contributed by atoms with Crippen LogP contribution in [0.1, 0.15) is 6.23 Å². The number of nitrogen functional groups attached to an aromatic ring is 1. The Labute approximate surface area is 113 Å². The van der Waals surface area contributed by atoms with E-state index >= 15 is 0 Å². The lowest BCUT2D eigenvalue weighted by Crippen LogP contribution is -2.39. The molecule has 1 aliphatic rings. The summed E-state index contributed by atoms with van der Waals surface area (Å²) < 4.78 is 46.0. The zero-order chi connectivity index (χ0) is 14.4. The van der Waals surface area contributed by atoms with Gasteiger partial charge in [-0.25, -0.2) is 9.18 Å². The molecule has 106 valence electrons. The normalized spacial score (nSPS) is 29.6. The molecule has 2 rings (SSSR count). The summed E-state index contributed by atoms with van der Waals surface area (Å²) in [5.41, 5.74) is 4.22. The molecule has 0 aromatic carbocycles. The number of aliphatic hydroxyl groups is 1. The highest BCUT2D eigenvalue weighted by atomic mass is 79.9. The van der Waals surface area contributed by atoms with Crippen LogP contribution in [0.15, 0.2) is 15.5 Å². The van der Waals surface area contributed by atoms with Gasteiger partial charge in [-0.05, 0) is 15.9 Å². The Morgan fingerprint density at radius 1 is 1.63 bits per heavy atom. The standard InChI is InChI=1S/C9H9BrF3N3O3/c10-3-1-16(8(18)15-6(3)14)7-9(12,13)5(11)4(2-17)19-7/h1,4-5,7,17H,2H2,(H2,14,15,18). The SMILES string of the molecule is Nc1nc(=O)n(C2OC(CO)C(F)C2(F)F)cc1Br. The topological polar surface area (TPSA) is 90.4 Å². The van der Waals surface area contributed by atoms with Crippen molar-refractivity contribution in [2.45, 2.75) is 24.4 Å². The zero-order valence-electron chi connectivity index (χ0n) is 9.26. The van der Waals surface area contributed by atoms with Crippen LogP contribution in [0.5, 0.6) is 0 Å². The third kappa shape index (κ3) is 2.23. The van der Waals surface area contributed by atoms with Crippen molar-refractivity contribution in [3.8, 4) is 0 Å². The highest BCUT2D eigenvalue weighted by molar-refractivity contribution is 9.10. The second-order valence-corrected chi connectivity index (χ2v) is 4.80. The molecule has 3 atom stereocenters. The number of alkyl halides is 3. The van der Waals surface area contributed by atoms with Gasteiger partial charge in [-0.1, -0.05) is 0 Å². The van der Waals surface area contributed by atoms with E-state index in [0.717, 1.165) is 6.20 Å². The van der Waals surface area contributed by atoms with Gasteiger partial charge < -0.3 is 15.6 Å². The highest BCUT2D eigenvalue weighted by Gasteiger charge is 2.60. The van der Waals surface area contributed by atoms with Crippen LogP contribution in [0.2, 0.25) is 0 Å². The van der Waals surface area contributed by atoms with Gasteiger partial charge >= 0.3 is 11.6 Å². The van der Waals surface area contributed by atoms with Crippen molar-refractivity contribution in [3.63, 3.8) is 0 Å². The Morgan fingerprint density at radius 2 is 2.26 bits per heavy atom. The van der Waals surface area contributed by atoms with Gasteiger partial charge in [0, 0.05) is 6.20 Å². The molecule has 3 N–H and O–H groups in total. The lowest BCUT2D eigenvalue weighted by atomic mass is 10.1. The predicted octanol–water partition coefficient (Wildman–Crippen LogP) is 0.451. The molecular formula is C9H9BrF3N3O3. The fourth-order valence-corrected chi connectivity index (χ4v) is 2.03. The summed E-state index contributed by atoms with van der Waals surface area (Å²) in [6.45, 7) is -0.925. The molecule has 3 unspecified atom stereocenters. The van der Waals surface area contributed by atoms with E-state index in [1.165, 1.54) is 0 Å². The molecule has 10 heteroatoms. The number of rotatable bonds is 2. The molecule has 1 aromatic heterocycles. The van der Waals surface area contributed by atoms with Crippen LogP contribution in [0.25, 0.3) is 0 Å². The third-order valence-corrected chi connectivity index (χ3v) is 3.30. The van der Waals surface area contributed by atoms with E-state index in [0.29, 0.717) is 4.57 Å². The van der Waals surface area contributed by atoms with Crippen LogP contribution in [-0.4, -0.2) is 39.5 Å². The molecule has 1 saturated heterocycles. The maximum atomic E-state index is 13.7. The number of halogens is 4. The largest absolute Gasteiger partial charge is 0.394 e. The number of nitrogens with zero attached hydrogens (tertiary/aromatic N) is 2. The minimum atomic E-state index is -3.96. The first kappa shape index (κ1) is 14.3. The van der Waals surface area contributed by atoms with Gasteiger partial charge in [0.15, 0.2) is 6.17 Å². The molecule has 1 fully saturated rings. The molecule has 0 radical (unpaired) electrons. The third-order valence-electron chi connectivity index (χ3n) is 2.69. The van der Waals surface area contributed by atoms with Crippen molar-refractivity contribution < 1.29 is 23.0 Å². The first-order valence-electron chi connectivity index (χ1n) is 5.11. The number of nitrogens with two attached hydrogens (primary N) is 1. The van der Waals surface area contributed by atoms with Crippen LogP contribution in [0.4, 0.5) is 19.0 Å². The number of ether oxygens (including phenoxy) is 1. The molecule has 0 spiro atoms. The molecule has 0 amide bonds. The van der Waals surface area contributed by atoms with Gasteiger partial charge in [-0.2, -0.15) is 13.8 Å². The van der Waals surface area contributed by atoms with Gasteiger partial charge in [-0.3, -0.25) is 4.57 Å². The van der Waals surface area contributed by atoms with E-state index in [4.69, 9.17) is 10.8 Å². The molecular weight excluding hydrogens is 335 g/mol. The van der Waals surface area contributed by atoms with Crippen molar-refractivity contribution in [3.05, 3.63) is 21.2 Å². The Morgan fingerprint density at radius 3 is 2.79 bits per heavy atom. The average molecular weight is 344 g/mol. The van der Waals surface area contributed by atoms with Crippen molar-refractivity contribution in [1.29, 1.82) is 0 Å². The molecule has 2 heterocycles. The van der Waals surface area contributed by atoms with Crippen LogP contribution in [-0.2, 0) is 4.74 Å². The Balaban J connectivity index is 2.48. The average Bonchev–Trinajstić information content (AvgIpc) is 2.56. The fourth-order valence-electron chi connectivity index (χ4n) is 1.72. The second kappa shape index (κ2) is 4.76. The van der Waals surface area contributed by atoms with E-state index in [-0.39, 0.29) is 10.3 Å². The number of aliphatic hydroxyl groups excluding tert-OH is 1. The van der Waals surface area contributed by atoms with Crippen molar-refractivity contribution in [2.24, 2.45) is 0 Å². The van der Waals surface area contributed by atoms with Crippen LogP contribution >= 0.6 is 15.9 Å². The summed E-state index contributed by atoms with van der Waals surface area (Å²) in [6.07, 6.45) is -5.67. The van der Waals surface area contributed by atoms with Crippen molar-refractivity contribution >= 4 is 21.7 Å². The highest BCUT2D eigenvalue weighted by Crippen LogP contribution is 2.44. The maximum Gasteiger partial charge on any atom is 0.351 e. The van der Waals surface area contributed by atoms with E-state index < -0.39 is 36.7 Å². The first-order valence-corrected chi connectivity index (χ1v) is 5.90. The summed E-state index contributed by atoms with van der Waals surface area (Å²) in [7, 11) is 0.